The highest BCUT2D eigenvalue weighted by atomic mass is 35.5. The first-order chi connectivity index (χ1) is 8.56. The van der Waals surface area contributed by atoms with Crippen molar-refractivity contribution >= 4 is 23.2 Å². The van der Waals surface area contributed by atoms with Crippen molar-refractivity contribution in [1.29, 1.82) is 0 Å². The summed E-state index contributed by atoms with van der Waals surface area (Å²) < 4.78 is 4.86. The van der Waals surface area contributed by atoms with E-state index in [1.165, 1.54) is 12.1 Å². The van der Waals surface area contributed by atoms with Gasteiger partial charge < -0.3 is 14.8 Å². The first-order valence-corrected chi connectivity index (χ1v) is 5.38. The number of aliphatic hydroxyl groups excluding tert-OH is 1. The number of rotatable bonds is 4. The lowest BCUT2D eigenvalue weighted by molar-refractivity contribution is -0.402. The fourth-order valence-corrected chi connectivity index (χ4v) is 1.58. The number of hydrogen-bond acceptors (Lipinski definition) is 5. The minimum Gasteiger partial charge on any atom is -0.401 e. The standard InChI is InChI=1S/C11H9ClN2O4/c12-7-2-1-3-8(6-7)13-11(15)9-4-5-10(18-9)14(16)17/h1-6,11,13,15H. The highest BCUT2D eigenvalue weighted by Gasteiger charge is 2.17. The number of benzene rings is 1. The average molecular weight is 269 g/mol. The molecule has 6 nitrogen and oxygen atoms in total. The van der Waals surface area contributed by atoms with Crippen LogP contribution in [0.15, 0.2) is 40.8 Å². The third-order valence-electron chi connectivity index (χ3n) is 2.19. The number of nitro groups is 1. The van der Waals surface area contributed by atoms with Gasteiger partial charge in [0.2, 0.25) is 0 Å². The van der Waals surface area contributed by atoms with Crippen LogP contribution in [0.2, 0.25) is 5.02 Å². The highest BCUT2D eigenvalue weighted by Crippen LogP contribution is 2.24. The number of hydrogen-bond donors (Lipinski definition) is 2. The van der Waals surface area contributed by atoms with E-state index in [-0.39, 0.29) is 5.76 Å². The molecular formula is C11H9ClN2O4. The van der Waals surface area contributed by atoms with Gasteiger partial charge >= 0.3 is 5.88 Å². The molecule has 0 radical (unpaired) electrons. The first-order valence-electron chi connectivity index (χ1n) is 5.00. The smallest absolute Gasteiger partial charge is 0.401 e. The van der Waals surface area contributed by atoms with Crippen molar-refractivity contribution in [3.05, 3.63) is 57.3 Å². The molecule has 0 aliphatic heterocycles. The van der Waals surface area contributed by atoms with Gasteiger partial charge in [0.25, 0.3) is 0 Å². The second-order valence-electron chi connectivity index (χ2n) is 3.49. The summed E-state index contributed by atoms with van der Waals surface area (Å²) in [5.74, 6) is -0.362. The van der Waals surface area contributed by atoms with Crippen LogP contribution in [-0.2, 0) is 0 Å². The molecule has 0 aliphatic rings. The quantitative estimate of drug-likeness (QED) is 0.505. The van der Waals surface area contributed by atoms with E-state index in [0.29, 0.717) is 10.7 Å². The van der Waals surface area contributed by atoms with Crippen molar-refractivity contribution in [2.24, 2.45) is 0 Å². The number of nitrogens with zero attached hydrogens (tertiary/aromatic N) is 1. The van der Waals surface area contributed by atoms with Crippen LogP contribution in [0.25, 0.3) is 0 Å². The van der Waals surface area contributed by atoms with Gasteiger partial charge in [-0.15, -0.1) is 0 Å². The number of anilines is 1. The fraction of sp³-hybridized carbons (Fsp3) is 0.0909. The Kier molecular flexibility index (Phi) is 3.50. The molecule has 2 rings (SSSR count). The molecule has 1 unspecified atom stereocenters. The van der Waals surface area contributed by atoms with E-state index in [1.807, 2.05) is 0 Å². The van der Waals surface area contributed by atoms with Gasteiger partial charge in [-0.3, -0.25) is 10.1 Å². The Labute approximate surface area is 107 Å². The first kappa shape index (κ1) is 12.4. The van der Waals surface area contributed by atoms with E-state index in [0.717, 1.165) is 0 Å². The van der Waals surface area contributed by atoms with E-state index in [4.69, 9.17) is 16.0 Å². The molecular weight excluding hydrogens is 260 g/mol. The number of aliphatic hydroxyl groups is 1. The number of halogens is 1. The largest absolute Gasteiger partial charge is 0.433 e. The summed E-state index contributed by atoms with van der Waals surface area (Å²) >= 11 is 5.79. The van der Waals surface area contributed by atoms with Crippen molar-refractivity contribution in [2.45, 2.75) is 6.23 Å². The average Bonchev–Trinajstić information content (AvgIpc) is 2.78. The van der Waals surface area contributed by atoms with E-state index in [9.17, 15) is 15.2 Å². The lowest BCUT2D eigenvalue weighted by atomic mass is 10.3. The molecule has 0 saturated carbocycles. The van der Waals surface area contributed by atoms with Gasteiger partial charge in [-0.25, -0.2) is 0 Å². The SMILES string of the molecule is O=[N+]([O-])c1ccc(C(O)Nc2cccc(Cl)c2)o1. The van der Waals surface area contributed by atoms with Crippen LogP contribution in [0, 0.1) is 10.1 Å². The molecule has 2 N–H and O–H groups in total. The van der Waals surface area contributed by atoms with Crippen molar-refractivity contribution in [1.82, 2.24) is 0 Å². The summed E-state index contributed by atoms with van der Waals surface area (Å²) in [5.41, 5.74) is 0.578. The van der Waals surface area contributed by atoms with Gasteiger partial charge in [-0.1, -0.05) is 17.7 Å². The van der Waals surface area contributed by atoms with Gasteiger partial charge in [0.05, 0.1) is 6.07 Å². The van der Waals surface area contributed by atoms with E-state index < -0.39 is 17.0 Å². The predicted molar refractivity (Wildman–Crippen MR) is 65.4 cm³/mol. The zero-order valence-corrected chi connectivity index (χ0v) is 9.79. The third kappa shape index (κ3) is 2.79. The second-order valence-corrected chi connectivity index (χ2v) is 3.93. The zero-order chi connectivity index (χ0) is 13.1. The van der Waals surface area contributed by atoms with Crippen molar-refractivity contribution in [3.63, 3.8) is 0 Å². The molecule has 0 fully saturated rings. The van der Waals surface area contributed by atoms with Crippen LogP contribution in [0.4, 0.5) is 11.6 Å². The maximum atomic E-state index is 10.4. The molecule has 1 aromatic carbocycles. The molecule has 0 aliphatic carbocycles. The van der Waals surface area contributed by atoms with Crippen LogP contribution in [-0.4, -0.2) is 10.0 Å². The summed E-state index contributed by atoms with van der Waals surface area (Å²) in [6.07, 6.45) is -1.18. The third-order valence-corrected chi connectivity index (χ3v) is 2.43. The Hall–Kier alpha value is -2.05. The summed E-state index contributed by atoms with van der Waals surface area (Å²) in [4.78, 5) is 9.76. The maximum Gasteiger partial charge on any atom is 0.433 e. The summed E-state index contributed by atoms with van der Waals surface area (Å²) in [6.45, 7) is 0. The van der Waals surface area contributed by atoms with Gasteiger partial charge in [0, 0.05) is 10.7 Å². The Morgan fingerprint density at radius 3 is 2.78 bits per heavy atom. The highest BCUT2D eigenvalue weighted by molar-refractivity contribution is 6.30. The maximum absolute atomic E-state index is 10.4. The van der Waals surface area contributed by atoms with Gasteiger partial charge in [-0.05, 0) is 24.3 Å². The molecule has 0 bridgehead atoms. The van der Waals surface area contributed by atoms with Crippen LogP contribution < -0.4 is 5.32 Å². The van der Waals surface area contributed by atoms with E-state index in [2.05, 4.69) is 5.32 Å². The molecule has 0 saturated heterocycles. The molecule has 1 aromatic heterocycles. The van der Waals surface area contributed by atoms with E-state index >= 15 is 0 Å². The lowest BCUT2D eigenvalue weighted by Crippen LogP contribution is -2.08. The van der Waals surface area contributed by atoms with Gasteiger partial charge in [0.15, 0.2) is 12.0 Å². The number of furan rings is 1. The fourth-order valence-electron chi connectivity index (χ4n) is 1.39. The molecule has 0 amide bonds. The Bertz CT molecular complexity index is 570. The summed E-state index contributed by atoms with van der Waals surface area (Å²) in [5, 5.41) is 23.4. The van der Waals surface area contributed by atoms with Gasteiger partial charge in [-0.2, -0.15) is 0 Å². The molecule has 0 spiro atoms. The summed E-state index contributed by atoms with van der Waals surface area (Å²) in [6, 6.07) is 9.23. The Morgan fingerprint density at radius 1 is 1.39 bits per heavy atom. The monoisotopic (exact) mass is 268 g/mol. The van der Waals surface area contributed by atoms with Crippen LogP contribution in [0.3, 0.4) is 0 Å². The molecule has 18 heavy (non-hydrogen) atoms. The molecule has 2 aromatic rings. The predicted octanol–water partition coefficient (Wildman–Crippen LogP) is 2.94. The second kappa shape index (κ2) is 5.07. The lowest BCUT2D eigenvalue weighted by Gasteiger charge is -2.11. The minimum atomic E-state index is -1.18. The van der Waals surface area contributed by atoms with Crippen molar-refractivity contribution in [3.8, 4) is 0 Å². The molecule has 94 valence electrons. The zero-order valence-electron chi connectivity index (χ0n) is 9.04. The molecule has 7 heteroatoms. The molecule has 1 heterocycles. The van der Waals surface area contributed by atoms with Gasteiger partial charge in [0.1, 0.15) is 4.92 Å². The normalized spacial score (nSPS) is 12.1. The number of nitrogens with one attached hydrogen (secondary N) is 1. The molecule has 1 atom stereocenters. The van der Waals surface area contributed by atoms with E-state index in [1.54, 1.807) is 24.3 Å². The summed E-state index contributed by atoms with van der Waals surface area (Å²) in [7, 11) is 0. The minimum absolute atomic E-state index is 0.0571. The van der Waals surface area contributed by atoms with Crippen LogP contribution in [0.5, 0.6) is 0 Å². The van der Waals surface area contributed by atoms with Crippen LogP contribution in [0.1, 0.15) is 12.0 Å². The van der Waals surface area contributed by atoms with Crippen LogP contribution >= 0.6 is 11.6 Å². The Balaban J connectivity index is 2.11. The Morgan fingerprint density at radius 2 is 2.17 bits per heavy atom. The van der Waals surface area contributed by atoms with Crippen molar-refractivity contribution in [2.75, 3.05) is 5.32 Å². The topological polar surface area (TPSA) is 88.5 Å². The van der Waals surface area contributed by atoms with Crippen molar-refractivity contribution < 1.29 is 14.4 Å².